The molecule has 0 atom stereocenters. The third-order valence-electron chi connectivity index (χ3n) is 4.42. The Morgan fingerprint density at radius 1 is 1.00 bits per heavy atom. The van der Waals surface area contributed by atoms with Crippen LogP contribution in [0.2, 0.25) is 0 Å². The molecule has 30 heavy (non-hydrogen) atoms. The highest BCUT2D eigenvalue weighted by atomic mass is 16.5. The molecule has 1 aromatic heterocycles. The van der Waals surface area contributed by atoms with E-state index in [2.05, 4.69) is 35.7 Å². The van der Waals surface area contributed by atoms with E-state index in [1.807, 2.05) is 54.6 Å². The summed E-state index contributed by atoms with van der Waals surface area (Å²) in [6, 6.07) is 17.4. The maximum Gasteiger partial charge on any atom is 0.250 e. The summed E-state index contributed by atoms with van der Waals surface area (Å²) >= 11 is 0. The summed E-state index contributed by atoms with van der Waals surface area (Å²) in [5.41, 5.74) is 4.69. The van der Waals surface area contributed by atoms with Crippen LogP contribution < -0.4 is 20.4 Å². The van der Waals surface area contributed by atoms with Crippen LogP contribution in [0, 0.1) is 0 Å². The van der Waals surface area contributed by atoms with Crippen LogP contribution in [0.1, 0.15) is 5.56 Å². The van der Waals surface area contributed by atoms with E-state index < -0.39 is 0 Å². The van der Waals surface area contributed by atoms with E-state index in [1.165, 1.54) is 0 Å². The third kappa shape index (κ3) is 5.21. The lowest BCUT2D eigenvalue weighted by Gasteiger charge is -2.27. The molecule has 2 aromatic carbocycles. The number of benzene rings is 2. The zero-order valence-corrected chi connectivity index (χ0v) is 16.7. The van der Waals surface area contributed by atoms with Crippen molar-refractivity contribution in [3.8, 4) is 5.75 Å². The summed E-state index contributed by atoms with van der Waals surface area (Å²) < 4.78 is 10.7. The third-order valence-corrected chi connectivity index (χ3v) is 4.42. The Labute approximate surface area is 174 Å². The van der Waals surface area contributed by atoms with Crippen molar-refractivity contribution in [1.82, 2.24) is 15.0 Å². The van der Waals surface area contributed by atoms with Gasteiger partial charge in [-0.05, 0) is 29.8 Å². The molecule has 2 N–H and O–H groups in total. The van der Waals surface area contributed by atoms with Crippen molar-refractivity contribution >= 4 is 29.7 Å². The lowest BCUT2D eigenvalue weighted by molar-refractivity contribution is 0.122. The number of rotatable bonds is 7. The summed E-state index contributed by atoms with van der Waals surface area (Å²) in [5, 5.41) is 7.49. The molecule has 1 fully saturated rings. The van der Waals surface area contributed by atoms with Crippen LogP contribution in [0.5, 0.6) is 5.75 Å². The lowest BCUT2D eigenvalue weighted by atomic mass is 10.2. The second-order valence-corrected chi connectivity index (χ2v) is 6.52. The number of aromatic nitrogens is 3. The number of methoxy groups -OCH3 is 1. The van der Waals surface area contributed by atoms with E-state index in [-0.39, 0.29) is 0 Å². The number of anilines is 4. The summed E-state index contributed by atoms with van der Waals surface area (Å²) in [4.78, 5) is 15.6. The van der Waals surface area contributed by atoms with Gasteiger partial charge in [0.25, 0.3) is 0 Å². The molecule has 4 rings (SSSR count). The minimum atomic E-state index is 0.351. The van der Waals surface area contributed by atoms with Crippen molar-refractivity contribution in [3.63, 3.8) is 0 Å². The molecule has 3 aromatic rings. The Morgan fingerprint density at radius 2 is 1.80 bits per heavy atom. The Morgan fingerprint density at radius 3 is 2.60 bits per heavy atom. The monoisotopic (exact) mass is 405 g/mol. The first-order valence-corrected chi connectivity index (χ1v) is 9.64. The Balaban J connectivity index is 1.55. The van der Waals surface area contributed by atoms with Gasteiger partial charge in [-0.1, -0.05) is 30.3 Å². The summed E-state index contributed by atoms with van der Waals surface area (Å²) in [6.07, 6.45) is 1.69. The van der Waals surface area contributed by atoms with Crippen molar-refractivity contribution in [2.24, 2.45) is 5.10 Å². The molecule has 0 unspecified atom stereocenters. The molecule has 9 nitrogen and oxygen atoms in total. The minimum Gasteiger partial charge on any atom is -0.497 e. The van der Waals surface area contributed by atoms with Gasteiger partial charge in [0.1, 0.15) is 5.75 Å². The standard InChI is InChI=1S/C21H23N7O2/c1-29-18-9-5-6-16(14-18)15-22-27-20-24-19(23-17-7-3-2-4-8-17)25-21(26-20)28-10-12-30-13-11-28/h2-9,14-15H,10-13H2,1H3,(H2,23,24,25,26,27)/b22-15+. The van der Waals surface area contributed by atoms with Gasteiger partial charge in [-0.2, -0.15) is 20.1 Å². The van der Waals surface area contributed by atoms with Crippen molar-refractivity contribution in [2.75, 3.05) is 49.1 Å². The first kappa shape index (κ1) is 19.6. The van der Waals surface area contributed by atoms with E-state index in [0.717, 1.165) is 30.1 Å². The number of para-hydroxylation sites is 1. The molecule has 1 aliphatic heterocycles. The molecule has 0 aliphatic carbocycles. The van der Waals surface area contributed by atoms with Crippen LogP contribution in [0.25, 0.3) is 0 Å². The van der Waals surface area contributed by atoms with E-state index in [1.54, 1.807) is 13.3 Å². The predicted molar refractivity (Wildman–Crippen MR) is 117 cm³/mol. The number of hydrogen-bond acceptors (Lipinski definition) is 9. The highest BCUT2D eigenvalue weighted by Crippen LogP contribution is 2.18. The number of hydrazone groups is 1. The second kappa shape index (κ2) is 9.66. The number of nitrogens with zero attached hydrogens (tertiary/aromatic N) is 5. The molecule has 0 saturated carbocycles. The number of nitrogens with one attached hydrogen (secondary N) is 2. The fourth-order valence-electron chi connectivity index (χ4n) is 2.91. The molecule has 1 saturated heterocycles. The first-order valence-electron chi connectivity index (χ1n) is 9.64. The SMILES string of the molecule is COc1cccc(/C=N/Nc2nc(Nc3ccccc3)nc(N3CCOCC3)n2)c1. The molecule has 0 amide bonds. The van der Waals surface area contributed by atoms with Crippen LogP contribution in [0.15, 0.2) is 59.7 Å². The first-order chi connectivity index (χ1) is 14.8. The maximum atomic E-state index is 5.43. The Bertz CT molecular complexity index is 992. The fourth-order valence-corrected chi connectivity index (χ4v) is 2.91. The minimum absolute atomic E-state index is 0.351. The summed E-state index contributed by atoms with van der Waals surface area (Å²) in [6.45, 7) is 2.73. The molecular formula is C21H23N7O2. The molecule has 0 bridgehead atoms. The van der Waals surface area contributed by atoms with Crippen molar-refractivity contribution in [3.05, 3.63) is 60.2 Å². The molecule has 154 valence electrons. The van der Waals surface area contributed by atoms with Crippen LogP contribution in [-0.2, 0) is 4.74 Å². The zero-order chi connectivity index (χ0) is 20.6. The summed E-state index contributed by atoms with van der Waals surface area (Å²) in [5.74, 6) is 2.13. The fraction of sp³-hybridized carbons (Fsp3) is 0.238. The second-order valence-electron chi connectivity index (χ2n) is 6.52. The van der Waals surface area contributed by atoms with Crippen LogP contribution in [0.4, 0.5) is 23.5 Å². The number of morpholine rings is 1. The van der Waals surface area contributed by atoms with Crippen molar-refractivity contribution < 1.29 is 9.47 Å². The highest BCUT2D eigenvalue weighted by molar-refractivity contribution is 5.80. The quantitative estimate of drug-likeness (QED) is 0.458. The predicted octanol–water partition coefficient (Wildman–Crippen LogP) is 2.91. The normalized spacial score (nSPS) is 14.0. The topological polar surface area (TPSA) is 96.8 Å². The van der Waals surface area contributed by atoms with Crippen LogP contribution in [-0.4, -0.2) is 54.6 Å². The maximum absolute atomic E-state index is 5.43. The average molecular weight is 405 g/mol. The van der Waals surface area contributed by atoms with Gasteiger partial charge in [0.15, 0.2) is 0 Å². The molecule has 9 heteroatoms. The summed E-state index contributed by atoms with van der Waals surface area (Å²) in [7, 11) is 1.63. The lowest BCUT2D eigenvalue weighted by Crippen LogP contribution is -2.37. The van der Waals surface area contributed by atoms with Gasteiger partial charge in [0.05, 0.1) is 26.5 Å². The largest absolute Gasteiger partial charge is 0.497 e. The highest BCUT2D eigenvalue weighted by Gasteiger charge is 2.16. The van der Waals surface area contributed by atoms with Gasteiger partial charge in [0.2, 0.25) is 17.8 Å². The van der Waals surface area contributed by atoms with Crippen molar-refractivity contribution in [1.29, 1.82) is 0 Å². The molecule has 0 radical (unpaired) electrons. The Kier molecular flexibility index (Phi) is 6.31. The van der Waals surface area contributed by atoms with Gasteiger partial charge in [0, 0.05) is 18.8 Å². The van der Waals surface area contributed by atoms with Crippen LogP contribution in [0.3, 0.4) is 0 Å². The van der Waals surface area contributed by atoms with Gasteiger partial charge in [-0.15, -0.1) is 0 Å². The Hall–Kier alpha value is -3.72. The smallest absolute Gasteiger partial charge is 0.250 e. The van der Waals surface area contributed by atoms with E-state index >= 15 is 0 Å². The van der Waals surface area contributed by atoms with Crippen molar-refractivity contribution in [2.45, 2.75) is 0 Å². The van der Waals surface area contributed by atoms with Gasteiger partial charge >= 0.3 is 0 Å². The molecule has 1 aliphatic rings. The van der Waals surface area contributed by atoms with E-state index in [4.69, 9.17) is 9.47 Å². The van der Waals surface area contributed by atoms with Gasteiger partial charge < -0.3 is 19.7 Å². The van der Waals surface area contributed by atoms with Gasteiger partial charge in [-0.3, -0.25) is 0 Å². The average Bonchev–Trinajstić information content (AvgIpc) is 2.80. The van der Waals surface area contributed by atoms with Gasteiger partial charge in [-0.25, -0.2) is 5.43 Å². The van der Waals surface area contributed by atoms with E-state index in [0.29, 0.717) is 31.1 Å². The molecule has 0 spiro atoms. The number of hydrogen-bond donors (Lipinski definition) is 2. The molecule has 2 heterocycles. The van der Waals surface area contributed by atoms with E-state index in [9.17, 15) is 0 Å². The molecular weight excluding hydrogens is 382 g/mol. The zero-order valence-electron chi connectivity index (χ0n) is 16.7. The van der Waals surface area contributed by atoms with Crippen LogP contribution >= 0.6 is 0 Å². The number of ether oxygens (including phenoxy) is 2.